The van der Waals surface area contributed by atoms with Gasteiger partial charge in [-0.3, -0.25) is 18.6 Å². The van der Waals surface area contributed by atoms with E-state index in [2.05, 4.69) is 34.6 Å². The lowest BCUT2D eigenvalue weighted by Gasteiger charge is -2.13. The monoisotopic (exact) mass is 449 g/mol. The fourth-order valence-corrected chi connectivity index (χ4v) is 3.70. The summed E-state index contributed by atoms with van der Waals surface area (Å²) >= 11 is 5.93. The summed E-state index contributed by atoms with van der Waals surface area (Å²) in [6, 6.07) is 17.1. The second-order valence-corrected chi connectivity index (χ2v) is 8.17. The maximum Gasteiger partial charge on any atom is 0.300 e. The first-order valence-electron chi connectivity index (χ1n) is 10.6. The van der Waals surface area contributed by atoms with Crippen molar-refractivity contribution in [3.63, 3.8) is 0 Å². The molecule has 1 atom stereocenters. The van der Waals surface area contributed by atoms with Crippen LogP contribution in [0.25, 0.3) is 11.3 Å². The van der Waals surface area contributed by atoms with Gasteiger partial charge in [0.05, 0.1) is 0 Å². The quantitative estimate of drug-likeness (QED) is 0.444. The van der Waals surface area contributed by atoms with Crippen molar-refractivity contribution in [1.82, 2.24) is 24.5 Å². The predicted molar refractivity (Wildman–Crippen MR) is 124 cm³/mol. The third-order valence-corrected chi connectivity index (χ3v) is 5.68. The first kappa shape index (κ1) is 21.8. The average molecular weight is 450 g/mol. The molecule has 1 unspecified atom stereocenters. The molecule has 0 bridgehead atoms. The molecule has 0 saturated heterocycles. The molecule has 0 fully saturated rings. The number of nitrogens with one attached hydrogen (secondary N) is 1. The van der Waals surface area contributed by atoms with E-state index >= 15 is 0 Å². The predicted octanol–water partition coefficient (Wildman–Crippen LogP) is 3.78. The van der Waals surface area contributed by atoms with E-state index in [-0.39, 0.29) is 23.0 Å². The minimum absolute atomic E-state index is 0.00620. The van der Waals surface area contributed by atoms with Gasteiger partial charge in [0.1, 0.15) is 5.82 Å². The van der Waals surface area contributed by atoms with E-state index < -0.39 is 0 Å². The molecule has 164 valence electrons. The van der Waals surface area contributed by atoms with Gasteiger partial charge in [0, 0.05) is 42.5 Å². The molecule has 2 heterocycles. The third kappa shape index (κ3) is 4.89. The number of amides is 1. The number of fused-ring (bicyclic) bond motifs is 1. The number of aryl methyl sites for hydroxylation is 1. The minimum Gasteiger partial charge on any atom is -0.356 e. The fraction of sp³-hybridized carbons (Fsp3) is 0.250. The van der Waals surface area contributed by atoms with Gasteiger partial charge in [-0.2, -0.15) is 0 Å². The van der Waals surface area contributed by atoms with E-state index in [1.807, 2.05) is 18.2 Å². The number of carbonyl (C=O) groups excluding carboxylic acids is 1. The molecule has 2 aromatic carbocycles. The molecule has 1 amide bonds. The molecule has 0 spiro atoms. The minimum atomic E-state index is -0.263. The van der Waals surface area contributed by atoms with Crippen molar-refractivity contribution in [3.8, 4) is 5.69 Å². The molecule has 0 saturated carbocycles. The molecule has 0 aliphatic heterocycles. The van der Waals surface area contributed by atoms with Gasteiger partial charge in [-0.1, -0.05) is 48.9 Å². The molecule has 1 N–H and O–H groups in total. The van der Waals surface area contributed by atoms with Gasteiger partial charge in [0.2, 0.25) is 11.6 Å². The summed E-state index contributed by atoms with van der Waals surface area (Å²) in [6.45, 7) is 2.69. The highest BCUT2D eigenvalue weighted by atomic mass is 35.5. The maximum atomic E-state index is 12.8. The largest absolute Gasteiger partial charge is 0.356 e. The van der Waals surface area contributed by atoms with Crippen LogP contribution in [0.3, 0.4) is 0 Å². The molecule has 4 aromatic rings. The van der Waals surface area contributed by atoms with Crippen molar-refractivity contribution in [2.75, 3.05) is 6.54 Å². The van der Waals surface area contributed by atoms with Crippen LogP contribution >= 0.6 is 11.6 Å². The zero-order chi connectivity index (χ0) is 22.5. The lowest BCUT2D eigenvalue weighted by molar-refractivity contribution is -0.121. The molecule has 0 aliphatic rings. The van der Waals surface area contributed by atoms with Crippen molar-refractivity contribution < 1.29 is 4.79 Å². The summed E-state index contributed by atoms with van der Waals surface area (Å²) in [5, 5.41) is 11.8. The molecule has 7 nitrogen and oxygen atoms in total. The summed E-state index contributed by atoms with van der Waals surface area (Å²) in [5.41, 5.74) is 1.89. The Balaban J connectivity index is 1.34. The van der Waals surface area contributed by atoms with E-state index in [9.17, 15) is 9.59 Å². The van der Waals surface area contributed by atoms with Crippen LogP contribution in [0, 0.1) is 0 Å². The highest BCUT2D eigenvalue weighted by Gasteiger charge is 2.13. The third-order valence-electron chi connectivity index (χ3n) is 5.42. The van der Waals surface area contributed by atoms with Crippen LogP contribution in [0.15, 0.2) is 71.8 Å². The Morgan fingerprint density at radius 2 is 1.81 bits per heavy atom. The topological polar surface area (TPSA) is 81.3 Å². The number of rotatable bonds is 8. The lowest BCUT2D eigenvalue weighted by Crippen LogP contribution is -2.27. The maximum absolute atomic E-state index is 12.8. The van der Waals surface area contributed by atoms with E-state index in [4.69, 9.17) is 11.6 Å². The van der Waals surface area contributed by atoms with Gasteiger partial charge in [0.25, 0.3) is 0 Å². The van der Waals surface area contributed by atoms with Crippen LogP contribution in [0.1, 0.15) is 37.1 Å². The van der Waals surface area contributed by atoms with Crippen LogP contribution in [0.2, 0.25) is 5.02 Å². The normalized spacial score (nSPS) is 12.1. The highest BCUT2D eigenvalue weighted by Crippen LogP contribution is 2.14. The summed E-state index contributed by atoms with van der Waals surface area (Å²) in [6.07, 6.45) is 5.00. The lowest BCUT2D eigenvalue weighted by atomic mass is 10.0. The van der Waals surface area contributed by atoms with E-state index in [0.717, 1.165) is 0 Å². The van der Waals surface area contributed by atoms with Crippen molar-refractivity contribution in [3.05, 3.63) is 93.8 Å². The number of benzene rings is 2. The van der Waals surface area contributed by atoms with Crippen molar-refractivity contribution in [2.24, 2.45) is 0 Å². The standard InChI is InChI=1S/C24H24ClN5O2/c1-17(18-6-3-2-4-7-18)16-26-22(31)9-5-8-21-27-28-23-24(32)29(14-15-30(21)23)20-12-10-19(25)11-13-20/h2-4,6-7,10-15,17H,5,8-9,16H2,1H3,(H,26,31). The Bertz CT molecular complexity index is 1270. The van der Waals surface area contributed by atoms with Crippen LogP contribution in [-0.4, -0.2) is 31.6 Å². The van der Waals surface area contributed by atoms with Crippen LogP contribution in [0.5, 0.6) is 0 Å². The number of nitrogens with zero attached hydrogens (tertiary/aromatic N) is 4. The molecule has 0 radical (unpaired) electrons. The Labute approximate surface area is 190 Å². The second kappa shape index (κ2) is 9.78. The van der Waals surface area contributed by atoms with E-state index in [1.165, 1.54) is 10.1 Å². The van der Waals surface area contributed by atoms with Crippen LogP contribution in [0.4, 0.5) is 0 Å². The summed E-state index contributed by atoms with van der Waals surface area (Å²) in [4.78, 5) is 25.1. The number of hydrogen-bond acceptors (Lipinski definition) is 4. The first-order valence-corrected chi connectivity index (χ1v) is 10.9. The molecule has 32 heavy (non-hydrogen) atoms. The zero-order valence-corrected chi connectivity index (χ0v) is 18.5. The first-order chi connectivity index (χ1) is 15.5. The smallest absolute Gasteiger partial charge is 0.300 e. The number of aromatic nitrogens is 4. The van der Waals surface area contributed by atoms with Crippen LogP contribution < -0.4 is 10.9 Å². The van der Waals surface area contributed by atoms with Gasteiger partial charge < -0.3 is 5.32 Å². The number of carbonyl (C=O) groups is 1. The van der Waals surface area contributed by atoms with Gasteiger partial charge in [-0.15, -0.1) is 10.2 Å². The number of halogens is 1. The van der Waals surface area contributed by atoms with Crippen LogP contribution in [-0.2, 0) is 11.2 Å². The molecular weight excluding hydrogens is 426 g/mol. The highest BCUT2D eigenvalue weighted by molar-refractivity contribution is 6.30. The Hall–Kier alpha value is -3.45. The SMILES string of the molecule is CC(CNC(=O)CCCc1nnc2c(=O)n(-c3ccc(Cl)cc3)ccn12)c1ccccc1. The molecule has 4 rings (SSSR count). The molecule has 8 heteroatoms. The van der Waals surface area contributed by atoms with E-state index in [0.29, 0.717) is 42.3 Å². The van der Waals surface area contributed by atoms with Crippen molar-refractivity contribution in [2.45, 2.75) is 32.1 Å². The van der Waals surface area contributed by atoms with Gasteiger partial charge in [-0.05, 0) is 42.2 Å². The summed E-state index contributed by atoms with van der Waals surface area (Å²) in [5.74, 6) is 0.918. The van der Waals surface area contributed by atoms with E-state index in [1.54, 1.807) is 41.1 Å². The zero-order valence-electron chi connectivity index (χ0n) is 17.7. The summed E-state index contributed by atoms with van der Waals surface area (Å²) < 4.78 is 3.19. The second-order valence-electron chi connectivity index (χ2n) is 7.73. The van der Waals surface area contributed by atoms with Gasteiger partial charge in [-0.25, -0.2) is 0 Å². The Morgan fingerprint density at radius 3 is 2.56 bits per heavy atom. The Morgan fingerprint density at radius 1 is 1.06 bits per heavy atom. The molecular formula is C24H24ClN5O2. The fourth-order valence-electron chi connectivity index (χ4n) is 3.57. The van der Waals surface area contributed by atoms with Gasteiger partial charge in [0.15, 0.2) is 0 Å². The average Bonchev–Trinajstić information content (AvgIpc) is 3.23. The van der Waals surface area contributed by atoms with Crippen molar-refractivity contribution in [1.29, 1.82) is 0 Å². The van der Waals surface area contributed by atoms with Gasteiger partial charge >= 0.3 is 5.56 Å². The molecule has 0 aliphatic carbocycles. The summed E-state index contributed by atoms with van der Waals surface area (Å²) in [7, 11) is 0. The Kier molecular flexibility index (Phi) is 6.66. The van der Waals surface area contributed by atoms with Crippen molar-refractivity contribution >= 4 is 23.2 Å². The number of hydrogen-bond donors (Lipinski definition) is 1. The molecule has 2 aromatic heterocycles.